The van der Waals surface area contributed by atoms with Crippen LogP contribution < -0.4 is 31.9 Å². The molecule has 2 aromatic carbocycles. The molecule has 188 valence electrons. The van der Waals surface area contributed by atoms with E-state index in [1.54, 1.807) is 12.1 Å². The Labute approximate surface area is 211 Å². The van der Waals surface area contributed by atoms with Crippen LogP contribution >= 0.6 is 11.6 Å². The molecule has 0 fully saturated rings. The van der Waals surface area contributed by atoms with Crippen LogP contribution in [0.15, 0.2) is 48.5 Å². The third-order valence-corrected chi connectivity index (χ3v) is 5.12. The molecule has 35 heavy (non-hydrogen) atoms. The maximum absolute atomic E-state index is 7.92. The van der Waals surface area contributed by atoms with Crippen molar-refractivity contribution in [3.63, 3.8) is 0 Å². The summed E-state index contributed by atoms with van der Waals surface area (Å²) in [5.41, 5.74) is 2.80. The molecule has 0 bridgehead atoms. The van der Waals surface area contributed by atoms with E-state index in [9.17, 15) is 0 Å². The van der Waals surface area contributed by atoms with Crippen LogP contribution in [0.25, 0.3) is 0 Å². The molecule has 10 nitrogen and oxygen atoms in total. The average Bonchev–Trinajstić information content (AvgIpc) is 2.81. The fourth-order valence-electron chi connectivity index (χ4n) is 3.01. The van der Waals surface area contributed by atoms with E-state index >= 15 is 0 Å². The largest absolute Gasteiger partial charge is 0.378 e. The van der Waals surface area contributed by atoms with Gasteiger partial charge in [-0.1, -0.05) is 42.1 Å². The molecule has 10 N–H and O–H groups in total. The van der Waals surface area contributed by atoms with E-state index < -0.39 is 0 Å². The standard InChI is InChI=1S/C24H35ClN10/c1-17-6-10-20(11-7-17)33-24(29)35-23(28)31-15-5-3-2-4-14-30-22(27)34-21(26)16-32-19-12-8-18(25)9-13-19/h6-13,32H,2-5,14-16H2,1H3,(H4,26,27,30,34)(H5,28,29,31,33,35). The Hall–Kier alpha value is -3.79. The van der Waals surface area contributed by atoms with Crippen LogP contribution in [0.5, 0.6) is 0 Å². The second-order valence-corrected chi connectivity index (χ2v) is 8.41. The summed E-state index contributed by atoms with van der Waals surface area (Å²) in [6.45, 7) is 3.58. The van der Waals surface area contributed by atoms with Gasteiger partial charge in [0.15, 0.2) is 17.9 Å². The van der Waals surface area contributed by atoms with Crippen LogP contribution in [0.1, 0.15) is 31.2 Å². The van der Waals surface area contributed by atoms with Crippen molar-refractivity contribution in [3.05, 3.63) is 59.1 Å². The first kappa shape index (κ1) is 27.5. The maximum atomic E-state index is 7.92. The third-order valence-electron chi connectivity index (χ3n) is 4.87. The molecule has 0 saturated heterocycles. The van der Waals surface area contributed by atoms with Gasteiger partial charge in [0.25, 0.3) is 0 Å². The summed E-state index contributed by atoms with van der Waals surface area (Å²) in [7, 11) is 0. The van der Waals surface area contributed by atoms with Gasteiger partial charge in [0.2, 0.25) is 0 Å². The SMILES string of the molecule is Cc1ccc(NC(=N)NC(=N)NCCCCCCNC(=N)NC(=N)CNc2ccc(Cl)cc2)cc1. The zero-order valence-electron chi connectivity index (χ0n) is 19.9. The highest BCUT2D eigenvalue weighted by Crippen LogP contribution is 2.12. The van der Waals surface area contributed by atoms with Crippen molar-refractivity contribution in [3.8, 4) is 0 Å². The van der Waals surface area contributed by atoms with Crippen LogP contribution in [-0.2, 0) is 0 Å². The van der Waals surface area contributed by atoms with E-state index in [-0.39, 0.29) is 30.3 Å². The Morgan fingerprint density at radius 1 is 0.686 bits per heavy atom. The second kappa shape index (κ2) is 15.2. The molecule has 0 aromatic heterocycles. The number of unbranched alkanes of at least 4 members (excludes halogenated alkanes) is 3. The van der Waals surface area contributed by atoms with Crippen molar-refractivity contribution in [2.45, 2.75) is 32.6 Å². The fraction of sp³-hybridized carbons (Fsp3) is 0.333. The molecule has 2 rings (SSSR count). The van der Waals surface area contributed by atoms with Crippen molar-refractivity contribution in [2.24, 2.45) is 0 Å². The average molecular weight is 499 g/mol. The van der Waals surface area contributed by atoms with Crippen LogP contribution in [-0.4, -0.2) is 43.3 Å². The molecule has 0 aliphatic carbocycles. The highest BCUT2D eigenvalue weighted by molar-refractivity contribution is 6.30. The van der Waals surface area contributed by atoms with Crippen molar-refractivity contribution in [1.29, 1.82) is 21.6 Å². The molecule has 0 spiro atoms. The lowest BCUT2D eigenvalue weighted by molar-refractivity contribution is 0.619. The predicted octanol–water partition coefficient (Wildman–Crippen LogP) is 3.87. The smallest absolute Gasteiger partial charge is 0.199 e. The first-order valence-electron chi connectivity index (χ1n) is 11.5. The van der Waals surface area contributed by atoms with Crippen LogP contribution in [0.3, 0.4) is 0 Å². The number of amidine groups is 1. The Kier molecular flexibility index (Phi) is 11.9. The quantitative estimate of drug-likeness (QED) is 0.128. The van der Waals surface area contributed by atoms with Gasteiger partial charge in [-0.25, -0.2) is 0 Å². The number of guanidine groups is 3. The number of nitrogens with one attached hydrogen (secondary N) is 10. The van der Waals surface area contributed by atoms with E-state index in [4.69, 9.17) is 33.2 Å². The lowest BCUT2D eigenvalue weighted by Crippen LogP contribution is -2.43. The van der Waals surface area contributed by atoms with Gasteiger partial charge in [0.1, 0.15) is 5.84 Å². The van der Waals surface area contributed by atoms with E-state index in [2.05, 4.69) is 31.9 Å². The number of halogens is 1. The van der Waals surface area contributed by atoms with E-state index in [0.29, 0.717) is 18.1 Å². The first-order chi connectivity index (χ1) is 16.8. The summed E-state index contributed by atoms with van der Waals surface area (Å²) in [5, 5.41) is 49.6. The molecular weight excluding hydrogens is 464 g/mol. The summed E-state index contributed by atoms with van der Waals surface area (Å²) in [5.74, 6) is 0.434. The maximum Gasteiger partial charge on any atom is 0.199 e. The van der Waals surface area contributed by atoms with Crippen molar-refractivity contribution in [2.75, 3.05) is 30.3 Å². The molecule has 0 radical (unpaired) electrons. The van der Waals surface area contributed by atoms with Gasteiger partial charge in [-0.2, -0.15) is 0 Å². The summed E-state index contributed by atoms with van der Waals surface area (Å²) in [6.07, 6.45) is 3.78. The van der Waals surface area contributed by atoms with E-state index in [0.717, 1.165) is 42.6 Å². The number of hydrogen-bond donors (Lipinski definition) is 10. The fourth-order valence-corrected chi connectivity index (χ4v) is 3.14. The number of aryl methyl sites for hydroxylation is 1. The number of anilines is 2. The Morgan fingerprint density at radius 2 is 1.23 bits per heavy atom. The predicted molar refractivity (Wildman–Crippen MR) is 146 cm³/mol. The van der Waals surface area contributed by atoms with Crippen molar-refractivity contribution < 1.29 is 0 Å². The lowest BCUT2D eigenvalue weighted by atomic mass is 10.2. The molecule has 0 saturated carbocycles. The van der Waals surface area contributed by atoms with Crippen molar-refractivity contribution in [1.82, 2.24) is 21.3 Å². The van der Waals surface area contributed by atoms with Gasteiger partial charge in [0, 0.05) is 29.5 Å². The van der Waals surface area contributed by atoms with Crippen LogP contribution in [0, 0.1) is 28.6 Å². The highest BCUT2D eigenvalue weighted by atomic mass is 35.5. The minimum absolute atomic E-state index is 0.0438. The minimum Gasteiger partial charge on any atom is -0.378 e. The first-order valence-corrected chi connectivity index (χ1v) is 11.9. The van der Waals surface area contributed by atoms with Gasteiger partial charge in [-0.3, -0.25) is 27.0 Å². The van der Waals surface area contributed by atoms with E-state index in [1.165, 1.54) is 0 Å². The monoisotopic (exact) mass is 498 g/mol. The third kappa shape index (κ3) is 12.3. The van der Waals surface area contributed by atoms with E-state index in [1.807, 2.05) is 43.3 Å². The van der Waals surface area contributed by atoms with Gasteiger partial charge in [-0.15, -0.1) is 0 Å². The molecule has 0 unspecified atom stereocenters. The number of benzene rings is 2. The molecule has 2 aromatic rings. The molecule has 0 atom stereocenters. The van der Waals surface area contributed by atoms with Crippen LogP contribution in [0.2, 0.25) is 5.02 Å². The minimum atomic E-state index is 0.0438. The molecule has 11 heteroatoms. The molecule has 0 aliphatic heterocycles. The zero-order valence-corrected chi connectivity index (χ0v) is 20.7. The normalized spacial score (nSPS) is 10.1. The Bertz CT molecular complexity index is 973. The number of rotatable bonds is 11. The second-order valence-electron chi connectivity index (χ2n) is 7.97. The Morgan fingerprint density at radius 3 is 1.83 bits per heavy atom. The summed E-state index contributed by atoms with van der Waals surface area (Å²) in [6, 6.07) is 14.9. The lowest BCUT2D eigenvalue weighted by Gasteiger charge is -2.13. The van der Waals surface area contributed by atoms with Crippen molar-refractivity contribution >= 4 is 46.7 Å². The Balaban J connectivity index is 1.44. The highest BCUT2D eigenvalue weighted by Gasteiger charge is 2.03. The summed E-state index contributed by atoms with van der Waals surface area (Å²) in [4.78, 5) is 0. The molecule has 0 heterocycles. The number of hydrogen-bond acceptors (Lipinski definition) is 5. The molecule has 0 aliphatic rings. The molecule has 0 amide bonds. The van der Waals surface area contributed by atoms with Gasteiger partial charge in [0.05, 0.1) is 6.54 Å². The summed E-state index contributed by atoms with van der Waals surface area (Å²) < 4.78 is 0. The topological polar surface area (TPSA) is 168 Å². The summed E-state index contributed by atoms with van der Waals surface area (Å²) >= 11 is 5.85. The molecular formula is C24H35ClN10. The van der Waals surface area contributed by atoms with Crippen LogP contribution in [0.4, 0.5) is 11.4 Å². The van der Waals surface area contributed by atoms with Gasteiger partial charge < -0.3 is 26.6 Å². The van der Waals surface area contributed by atoms with Gasteiger partial charge >= 0.3 is 0 Å². The van der Waals surface area contributed by atoms with Gasteiger partial charge in [-0.05, 0) is 56.2 Å². The zero-order chi connectivity index (χ0) is 25.5.